The van der Waals surface area contributed by atoms with E-state index in [9.17, 15) is 15.0 Å². The lowest BCUT2D eigenvalue weighted by molar-refractivity contribution is 0.0681. The van der Waals surface area contributed by atoms with Crippen molar-refractivity contribution in [2.45, 2.75) is 43.8 Å². The SMILES string of the molecule is CN(C(=O)c1cc(O)cc(O)c1)C1CC2CCC(C1)N2. The molecule has 0 aliphatic carbocycles. The first-order chi connectivity index (χ1) is 9.52. The lowest BCUT2D eigenvalue weighted by Crippen LogP contribution is -2.48. The standard InChI is InChI=1S/C15H20N2O3/c1-17(12-6-10-2-3-11(7-12)16-10)15(20)9-4-13(18)8-14(19)5-9/h4-5,8,10-12,16,18-19H,2-3,6-7H2,1H3. The number of phenols is 2. The van der Waals surface area contributed by atoms with Crippen molar-refractivity contribution >= 4 is 5.91 Å². The number of phenolic OH excluding ortho intramolecular Hbond substituents is 2. The summed E-state index contributed by atoms with van der Waals surface area (Å²) in [6.07, 6.45) is 4.33. The summed E-state index contributed by atoms with van der Waals surface area (Å²) in [5, 5.41) is 22.5. The highest BCUT2D eigenvalue weighted by atomic mass is 16.3. The van der Waals surface area contributed by atoms with Crippen LogP contribution in [0.4, 0.5) is 0 Å². The van der Waals surface area contributed by atoms with Gasteiger partial charge >= 0.3 is 0 Å². The minimum Gasteiger partial charge on any atom is -0.508 e. The highest BCUT2D eigenvalue weighted by Gasteiger charge is 2.36. The van der Waals surface area contributed by atoms with E-state index in [1.807, 2.05) is 0 Å². The molecule has 0 spiro atoms. The van der Waals surface area contributed by atoms with Crippen LogP contribution in [0.5, 0.6) is 11.5 Å². The van der Waals surface area contributed by atoms with Crippen molar-refractivity contribution in [2.75, 3.05) is 7.05 Å². The van der Waals surface area contributed by atoms with Gasteiger partial charge in [-0.1, -0.05) is 0 Å². The number of fused-ring (bicyclic) bond motifs is 2. The number of nitrogens with zero attached hydrogens (tertiary/aromatic N) is 1. The number of piperidine rings is 1. The van der Waals surface area contributed by atoms with Crippen molar-refractivity contribution < 1.29 is 15.0 Å². The molecule has 2 heterocycles. The molecule has 3 N–H and O–H groups in total. The van der Waals surface area contributed by atoms with Gasteiger partial charge in [0.05, 0.1) is 0 Å². The zero-order valence-electron chi connectivity index (χ0n) is 11.5. The number of hydrogen-bond donors (Lipinski definition) is 3. The third-order valence-electron chi connectivity index (χ3n) is 4.47. The van der Waals surface area contributed by atoms with Crippen molar-refractivity contribution in [1.82, 2.24) is 10.2 Å². The van der Waals surface area contributed by atoms with Gasteiger partial charge in [0, 0.05) is 36.8 Å². The Hall–Kier alpha value is -1.75. The normalized spacial score (nSPS) is 28.4. The van der Waals surface area contributed by atoms with Crippen LogP contribution in [-0.4, -0.2) is 46.2 Å². The summed E-state index contributed by atoms with van der Waals surface area (Å²) >= 11 is 0. The number of carbonyl (C=O) groups excluding carboxylic acids is 1. The van der Waals surface area contributed by atoms with Gasteiger partial charge in [-0.25, -0.2) is 0 Å². The van der Waals surface area contributed by atoms with Gasteiger partial charge in [0.2, 0.25) is 0 Å². The summed E-state index contributed by atoms with van der Waals surface area (Å²) in [5.74, 6) is -0.332. The molecule has 2 unspecified atom stereocenters. The fourth-order valence-electron chi connectivity index (χ4n) is 3.43. The molecule has 2 aliphatic heterocycles. The molecule has 108 valence electrons. The number of aromatic hydroxyl groups is 2. The first kappa shape index (κ1) is 13.2. The Morgan fingerprint density at radius 3 is 2.25 bits per heavy atom. The number of amides is 1. The fraction of sp³-hybridized carbons (Fsp3) is 0.533. The Labute approximate surface area is 118 Å². The van der Waals surface area contributed by atoms with Crippen LogP contribution < -0.4 is 5.32 Å². The van der Waals surface area contributed by atoms with Crippen LogP contribution in [0, 0.1) is 0 Å². The van der Waals surface area contributed by atoms with Crippen molar-refractivity contribution in [1.29, 1.82) is 0 Å². The van der Waals surface area contributed by atoms with E-state index in [4.69, 9.17) is 0 Å². The van der Waals surface area contributed by atoms with E-state index >= 15 is 0 Å². The van der Waals surface area contributed by atoms with Gasteiger partial charge in [-0.3, -0.25) is 4.79 Å². The number of benzene rings is 1. The van der Waals surface area contributed by atoms with Crippen LogP contribution in [0.1, 0.15) is 36.0 Å². The molecule has 5 heteroatoms. The van der Waals surface area contributed by atoms with Crippen molar-refractivity contribution in [3.05, 3.63) is 23.8 Å². The second kappa shape index (κ2) is 4.98. The van der Waals surface area contributed by atoms with E-state index in [1.165, 1.54) is 31.0 Å². The molecule has 5 nitrogen and oxygen atoms in total. The van der Waals surface area contributed by atoms with Gasteiger partial charge in [0.15, 0.2) is 0 Å². The first-order valence-corrected chi connectivity index (χ1v) is 7.09. The maximum atomic E-state index is 12.5. The third-order valence-corrected chi connectivity index (χ3v) is 4.47. The summed E-state index contributed by atoms with van der Waals surface area (Å²) in [7, 11) is 1.80. The van der Waals surface area contributed by atoms with E-state index in [-0.39, 0.29) is 23.4 Å². The van der Waals surface area contributed by atoms with Gasteiger partial charge in [0.1, 0.15) is 11.5 Å². The predicted molar refractivity (Wildman–Crippen MR) is 74.8 cm³/mol. The lowest BCUT2D eigenvalue weighted by Gasteiger charge is -2.35. The highest BCUT2D eigenvalue weighted by Crippen LogP contribution is 2.30. The highest BCUT2D eigenvalue weighted by molar-refractivity contribution is 5.95. The molecule has 1 aromatic rings. The Morgan fingerprint density at radius 1 is 1.15 bits per heavy atom. The Balaban J connectivity index is 1.76. The number of hydrogen-bond acceptors (Lipinski definition) is 4. The zero-order valence-corrected chi connectivity index (χ0v) is 11.5. The predicted octanol–water partition coefficient (Wildman–Crippen LogP) is 1.45. The molecule has 2 bridgehead atoms. The minimum absolute atomic E-state index is 0.0906. The van der Waals surface area contributed by atoms with Crippen LogP contribution in [0.15, 0.2) is 18.2 Å². The lowest BCUT2D eigenvalue weighted by atomic mass is 9.98. The summed E-state index contributed by atoms with van der Waals surface area (Å²) in [6, 6.07) is 5.29. The van der Waals surface area contributed by atoms with E-state index in [1.54, 1.807) is 11.9 Å². The molecule has 2 fully saturated rings. The molecule has 0 radical (unpaired) electrons. The van der Waals surface area contributed by atoms with Gasteiger partial charge in [-0.05, 0) is 37.8 Å². The summed E-state index contributed by atoms with van der Waals surface area (Å²) in [5.41, 5.74) is 0.330. The molecule has 0 aromatic heterocycles. The third kappa shape index (κ3) is 2.45. The number of nitrogens with one attached hydrogen (secondary N) is 1. The quantitative estimate of drug-likeness (QED) is 0.764. The average Bonchev–Trinajstić information content (AvgIpc) is 2.74. The average molecular weight is 276 g/mol. The zero-order chi connectivity index (χ0) is 14.3. The van der Waals surface area contributed by atoms with Crippen molar-refractivity contribution in [3.8, 4) is 11.5 Å². The Morgan fingerprint density at radius 2 is 1.70 bits per heavy atom. The van der Waals surface area contributed by atoms with Crippen LogP contribution >= 0.6 is 0 Å². The Bertz CT molecular complexity index is 500. The molecule has 20 heavy (non-hydrogen) atoms. The van der Waals surface area contributed by atoms with Gasteiger partial charge < -0.3 is 20.4 Å². The number of carbonyl (C=O) groups is 1. The minimum atomic E-state index is -0.150. The molecule has 1 aromatic carbocycles. The van der Waals surface area contributed by atoms with Gasteiger partial charge in [-0.2, -0.15) is 0 Å². The Kier molecular flexibility index (Phi) is 3.30. The molecular formula is C15H20N2O3. The second-order valence-electron chi connectivity index (χ2n) is 5.92. The topological polar surface area (TPSA) is 72.8 Å². The summed E-state index contributed by atoms with van der Waals surface area (Å²) < 4.78 is 0. The monoisotopic (exact) mass is 276 g/mol. The molecule has 3 rings (SSSR count). The first-order valence-electron chi connectivity index (χ1n) is 7.09. The molecule has 2 atom stereocenters. The maximum absolute atomic E-state index is 12.5. The molecule has 1 amide bonds. The van der Waals surface area contributed by atoms with E-state index in [0.29, 0.717) is 17.6 Å². The van der Waals surface area contributed by atoms with Gasteiger partial charge in [-0.15, -0.1) is 0 Å². The molecule has 2 saturated heterocycles. The van der Waals surface area contributed by atoms with Crippen LogP contribution in [0.25, 0.3) is 0 Å². The maximum Gasteiger partial charge on any atom is 0.254 e. The van der Waals surface area contributed by atoms with Crippen LogP contribution in [0.2, 0.25) is 0 Å². The summed E-state index contributed by atoms with van der Waals surface area (Å²) in [4.78, 5) is 14.2. The number of rotatable bonds is 2. The van der Waals surface area contributed by atoms with E-state index < -0.39 is 0 Å². The molecule has 2 aliphatic rings. The van der Waals surface area contributed by atoms with Gasteiger partial charge in [0.25, 0.3) is 5.91 Å². The molecule has 0 saturated carbocycles. The van der Waals surface area contributed by atoms with E-state index in [0.717, 1.165) is 12.8 Å². The van der Waals surface area contributed by atoms with Crippen molar-refractivity contribution in [2.24, 2.45) is 0 Å². The van der Waals surface area contributed by atoms with Crippen LogP contribution in [-0.2, 0) is 0 Å². The van der Waals surface area contributed by atoms with E-state index in [2.05, 4.69) is 5.32 Å². The second-order valence-corrected chi connectivity index (χ2v) is 5.92. The van der Waals surface area contributed by atoms with Crippen molar-refractivity contribution in [3.63, 3.8) is 0 Å². The van der Waals surface area contributed by atoms with Crippen LogP contribution in [0.3, 0.4) is 0 Å². The largest absolute Gasteiger partial charge is 0.508 e. The fourth-order valence-corrected chi connectivity index (χ4v) is 3.43. The summed E-state index contributed by atoms with van der Waals surface area (Å²) in [6.45, 7) is 0. The molecular weight excluding hydrogens is 256 g/mol. The smallest absolute Gasteiger partial charge is 0.254 e.